The van der Waals surface area contributed by atoms with Crippen LogP contribution in [-0.4, -0.2) is 31.1 Å². The van der Waals surface area contributed by atoms with Crippen LogP contribution < -0.4 is 19.7 Å². The van der Waals surface area contributed by atoms with E-state index in [1.54, 1.807) is 54.6 Å². The van der Waals surface area contributed by atoms with E-state index in [1.807, 2.05) is 0 Å². The van der Waals surface area contributed by atoms with Crippen LogP contribution in [0.15, 0.2) is 64.6 Å². The van der Waals surface area contributed by atoms with Gasteiger partial charge in [0.25, 0.3) is 11.8 Å². The summed E-state index contributed by atoms with van der Waals surface area (Å²) in [5.74, 6) is 0.466. The second-order valence-corrected chi connectivity index (χ2v) is 7.27. The first-order valence-corrected chi connectivity index (χ1v) is 10.1. The number of rotatable bonds is 5. The fraction of sp³-hybridized carbons (Fsp3) is 0.0833. The zero-order valence-electron chi connectivity index (χ0n) is 17.6. The SMILES string of the molecule is COc1ccc(N2C(=O)/C(=C/c3ccc(-c4ccc(C#N)cc4)o3)C(=O)NC2=S)c(OC)c1. The molecule has 2 heterocycles. The van der Waals surface area contributed by atoms with Gasteiger partial charge in [0.2, 0.25) is 0 Å². The first-order chi connectivity index (χ1) is 15.9. The van der Waals surface area contributed by atoms with Crippen molar-refractivity contribution in [2.24, 2.45) is 0 Å². The van der Waals surface area contributed by atoms with Gasteiger partial charge >= 0.3 is 0 Å². The lowest BCUT2D eigenvalue weighted by Crippen LogP contribution is -2.54. The van der Waals surface area contributed by atoms with Crippen LogP contribution in [0.5, 0.6) is 11.5 Å². The maximum absolute atomic E-state index is 13.3. The van der Waals surface area contributed by atoms with Gasteiger partial charge in [-0.3, -0.25) is 14.9 Å². The monoisotopic (exact) mass is 459 g/mol. The summed E-state index contributed by atoms with van der Waals surface area (Å²) < 4.78 is 16.4. The summed E-state index contributed by atoms with van der Waals surface area (Å²) in [4.78, 5) is 27.0. The lowest BCUT2D eigenvalue weighted by Gasteiger charge is -2.29. The maximum Gasteiger partial charge on any atom is 0.270 e. The molecular formula is C24H17N3O5S. The number of nitrogens with zero attached hydrogens (tertiary/aromatic N) is 2. The van der Waals surface area contributed by atoms with E-state index < -0.39 is 11.8 Å². The number of nitrogens with one attached hydrogen (secondary N) is 1. The van der Waals surface area contributed by atoms with Crippen LogP contribution in [0.1, 0.15) is 11.3 Å². The second kappa shape index (κ2) is 8.98. The molecule has 2 amide bonds. The molecule has 1 fully saturated rings. The maximum atomic E-state index is 13.3. The summed E-state index contributed by atoms with van der Waals surface area (Å²) in [7, 11) is 2.97. The minimum atomic E-state index is -0.634. The van der Waals surface area contributed by atoms with Gasteiger partial charge in [0.05, 0.1) is 31.5 Å². The standard InChI is InChI=1S/C24H17N3O5S/c1-30-16-7-9-19(21(12-16)31-2)27-23(29)18(22(28)26-24(27)33)11-17-8-10-20(32-17)15-5-3-14(13-25)4-6-15/h3-12H,1-2H3,(H,26,28,33)/b18-11+. The molecule has 1 saturated heterocycles. The highest BCUT2D eigenvalue weighted by molar-refractivity contribution is 7.80. The summed E-state index contributed by atoms with van der Waals surface area (Å²) in [6.45, 7) is 0. The molecule has 0 aliphatic carbocycles. The lowest BCUT2D eigenvalue weighted by atomic mass is 10.1. The minimum Gasteiger partial charge on any atom is -0.497 e. The normalized spacial score (nSPS) is 14.8. The van der Waals surface area contributed by atoms with Gasteiger partial charge in [-0.1, -0.05) is 0 Å². The molecule has 1 N–H and O–H groups in total. The molecule has 1 aliphatic heterocycles. The summed E-state index contributed by atoms with van der Waals surface area (Å²) in [6.07, 6.45) is 1.36. The van der Waals surface area contributed by atoms with Gasteiger partial charge in [0.1, 0.15) is 28.6 Å². The molecular weight excluding hydrogens is 442 g/mol. The Hall–Kier alpha value is -4.42. The molecule has 0 saturated carbocycles. The number of carbonyl (C=O) groups excluding carboxylic acids is 2. The largest absolute Gasteiger partial charge is 0.497 e. The molecule has 0 bridgehead atoms. The zero-order chi connectivity index (χ0) is 23.5. The van der Waals surface area contributed by atoms with Crippen LogP contribution >= 0.6 is 12.2 Å². The van der Waals surface area contributed by atoms with Crippen molar-refractivity contribution < 1.29 is 23.5 Å². The van der Waals surface area contributed by atoms with Crippen molar-refractivity contribution >= 4 is 40.9 Å². The number of thiocarbonyl (C=S) groups is 1. The Morgan fingerprint density at radius 1 is 1.06 bits per heavy atom. The fourth-order valence-electron chi connectivity index (χ4n) is 3.28. The number of carbonyl (C=O) groups is 2. The first-order valence-electron chi connectivity index (χ1n) is 9.69. The average Bonchev–Trinajstić information content (AvgIpc) is 3.30. The Balaban J connectivity index is 1.68. The van der Waals surface area contributed by atoms with Crippen LogP contribution in [-0.2, 0) is 9.59 Å². The first kappa shape index (κ1) is 21.8. The number of hydrogen-bond acceptors (Lipinski definition) is 7. The highest BCUT2D eigenvalue weighted by atomic mass is 32.1. The zero-order valence-corrected chi connectivity index (χ0v) is 18.4. The van der Waals surface area contributed by atoms with Gasteiger partial charge in [0, 0.05) is 11.6 Å². The topological polar surface area (TPSA) is 105 Å². The third kappa shape index (κ3) is 4.20. The predicted octanol–water partition coefficient (Wildman–Crippen LogP) is 3.67. The molecule has 164 valence electrons. The molecule has 33 heavy (non-hydrogen) atoms. The fourth-order valence-corrected chi connectivity index (χ4v) is 3.56. The number of nitriles is 1. The minimum absolute atomic E-state index is 0.0664. The molecule has 1 aliphatic rings. The van der Waals surface area contributed by atoms with Crippen LogP contribution in [0.4, 0.5) is 5.69 Å². The van der Waals surface area contributed by atoms with Crippen molar-refractivity contribution in [1.29, 1.82) is 5.26 Å². The van der Waals surface area contributed by atoms with E-state index in [4.69, 9.17) is 31.4 Å². The Labute approximate surface area is 194 Å². The Morgan fingerprint density at radius 2 is 1.82 bits per heavy atom. The van der Waals surface area contributed by atoms with E-state index >= 15 is 0 Å². The molecule has 0 atom stereocenters. The second-order valence-electron chi connectivity index (χ2n) is 6.89. The molecule has 3 aromatic rings. The van der Waals surface area contributed by atoms with E-state index in [-0.39, 0.29) is 10.7 Å². The molecule has 0 spiro atoms. The van der Waals surface area contributed by atoms with Crippen LogP contribution in [0.25, 0.3) is 17.4 Å². The molecule has 9 heteroatoms. The Kier molecular flexibility index (Phi) is 5.93. The van der Waals surface area contributed by atoms with Gasteiger partial charge in [-0.15, -0.1) is 0 Å². The summed E-state index contributed by atoms with van der Waals surface area (Å²) in [5, 5.41) is 11.4. The molecule has 0 unspecified atom stereocenters. The molecule has 0 radical (unpaired) electrons. The summed E-state index contributed by atoms with van der Waals surface area (Å²) >= 11 is 5.25. The highest BCUT2D eigenvalue weighted by Gasteiger charge is 2.36. The Morgan fingerprint density at radius 3 is 2.48 bits per heavy atom. The Bertz CT molecular complexity index is 1330. The number of amides is 2. The molecule has 1 aromatic heterocycles. The van der Waals surface area contributed by atoms with E-state index in [0.717, 1.165) is 5.56 Å². The van der Waals surface area contributed by atoms with Crippen molar-refractivity contribution in [2.75, 3.05) is 19.1 Å². The van der Waals surface area contributed by atoms with Gasteiger partial charge in [0.15, 0.2) is 5.11 Å². The van der Waals surface area contributed by atoms with Crippen LogP contribution in [0.3, 0.4) is 0 Å². The third-order valence-corrected chi connectivity index (χ3v) is 5.23. The van der Waals surface area contributed by atoms with Crippen molar-refractivity contribution in [1.82, 2.24) is 5.32 Å². The average molecular weight is 459 g/mol. The van der Waals surface area contributed by atoms with E-state index in [1.165, 1.54) is 25.2 Å². The quantitative estimate of drug-likeness (QED) is 0.353. The summed E-state index contributed by atoms with van der Waals surface area (Å²) in [6, 6.07) is 17.2. The van der Waals surface area contributed by atoms with Gasteiger partial charge in [-0.05, 0) is 66.8 Å². The molecule has 8 nitrogen and oxygen atoms in total. The number of hydrogen-bond donors (Lipinski definition) is 1. The smallest absolute Gasteiger partial charge is 0.270 e. The molecule has 2 aromatic carbocycles. The van der Waals surface area contributed by atoms with Crippen molar-refractivity contribution in [3.05, 3.63) is 71.5 Å². The van der Waals surface area contributed by atoms with E-state index in [0.29, 0.717) is 34.3 Å². The van der Waals surface area contributed by atoms with Gasteiger partial charge in [-0.25, -0.2) is 4.90 Å². The number of methoxy groups -OCH3 is 2. The van der Waals surface area contributed by atoms with Crippen LogP contribution in [0.2, 0.25) is 0 Å². The van der Waals surface area contributed by atoms with Crippen molar-refractivity contribution in [3.8, 4) is 28.9 Å². The van der Waals surface area contributed by atoms with E-state index in [2.05, 4.69) is 11.4 Å². The number of benzene rings is 2. The summed E-state index contributed by atoms with van der Waals surface area (Å²) in [5.41, 5.74) is 1.49. The van der Waals surface area contributed by atoms with Gasteiger partial charge in [-0.2, -0.15) is 5.26 Å². The van der Waals surface area contributed by atoms with E-state index in [9.17, 15) is 9.59 Å². The van der Waals surface area contributed by atoms with Crippen molar-refractivity contribution in [2.45, 2.75) is 0 Å². The highest BCUT2D eigenvalue weighted by Crippen LogP contribution is 2.34. The molecule has 4 rings (SSSR count). The third-order valence-electron chi connectivity index (χ3n) is 4.94. The number of anilines is 1. The number of ether oxygens (including phenoxy) is 2. The predicted molar refractivity (Wildman–Crippen MR) is 125 cm³/mol. The lowest BCUT2D eigenvalue weighted by molar-refractivity contribution is -0.122. The number of furan rings is 1. The van der Waals surface area contributed by atoms with Crippen molar-refractivity contribution in [3.63, 3.8) is 0 Å². The van der Waals surface area contributed by atoms with Crippen LogP contribution in [0, 0.1) is 11.3 Å². The van der Waals surface area contributed by atoms with Gasteiger partial charge < -0.3 is 13.9 Å².